The van der Waals surface area contributed by atoms with Crippen molar-refractivity contribution in [3.63, 3.8) is 0 Å². The molecule has 0 unspecified atom stereocenters. The van der Waals surface area contributed by atoms with E-state index < -0.39 is 0 Å². The minimum absolute atomic E-state index is 0.481. The zero-order valence-corrected chi connectivity index (χ0v) is 29.5. The smallest absolute Gasteiger partial charge is 0.227 e. The van der Waals surface area contributed by atoms with E-state index in [9.17, 15) is 0 Å². The van der Waals surface area contributed by atoms with Crippen LogP contribution in [0.25, 0.3) is 27.9 Å². The maximum atomic E-state index is 5.96. The fourth-order valence-electron chi connectivity index (χ4n) is 6.62. The molecule has 0 atom stereocenters. The first-order valence-electron chi connectivity index (χ1n) is 17.2. The van der Waals surface area contributed by atoms with E-state index in [0.717, 1.165) is 90.7 Å². The number of ether oxygens (including phenoxy) is 1. The first-order chi connectivity index (χ1) is 23.9. The number of anilines is 1. The van der Waals surface area contributed by atoms with Crippen molar-refractivity contribution in [2.24, 2.45) is 4.99 Å². The summed E-state index contributed by atoms with van der Waals surface area (Å²) in [4.78, 5) is 19.5. The lowest BCUT2D eigenvalue weighted by Crippen LogP contribution is -2.31. The van der Waals surface area contributed by atoms with Crippen LogP contribution in [0.3, 0.4) is 0 Å². The van der Waals surface area contributed by atoms with Crippen molar-refractivity contribution in [2.45, 2.75) is 45.6 Å². The normalized spacial score (nSPS) is 21.5. The molecule has 2 N–H and O–H groups in total. The average molecular weight is 657 g/mol. The average Bonchev–Trinajstić information content (AvgIpc) is 3.47. The quantitative estimate of drug-likeness (QED) is 0.160. The molecule has 3 aliphatic rings. The number of rotatable bonds is 12. The number of likely N-dealkylation sites (N-methyl/N-ethyl adjacent to an activating group) is 2. The van der Waals surface area contributed by atoms with Crippen LogP contribution >= 0.6 is 0 Å². The summed E-state index contributed by atoms with van der Waals surface area (Å²) in [6.07, 6.45) is 20.9. The third-order valence-corrected chi connectivity index (χ3v) is 9.25. The number of hydrogen-bond acceptors (Lipinski definition) is 8. The first kappa shape index (κ1) is 33.8. The van der Waals surface area contributed by atoms with Crippen LogP contribution in [0, 0.1) is 0 Å². The Hall–Kier alpha value is -5.11. The molecule has 4 heterocycles. The summed E-state index contributed by atoms with van der Waals surface area (Å²) in [7, 11) is 7.98. The van der Waals surface area contributed by atoms with Gasteiger partial charge < -0.3 is 29.7 Å². The number of para-hydroxylation sites is 1. The molecule has 2 aromatic heterocycles. The molecule has 9 nitrogen and oxygen atoms in total. The number of nitrogens with zero attached hydrogens (tertiary/aromatic N) is 6. The standard InChI is InChI=1S/C40H48N8O/c1-7-21-41-33-17-18-34(36(49-6)20-19-35(33)47(5)25-24-46(3)4)44-40-43-26-31(37-28(2)13-9-8-10-22-42-37)38(45-40)32-27-48-23-12-15-29-14-11-16-30(32)39(29)48/h7-8,10-11,14,16,18-19,22,26-27,41H,1,9,12-13,15,20-21,23-25H2,2-6H3,(H,43,44,45)/b10-8+,35-19+,36-34-,37-28+,42-22-. The highest BCUT2D eigenvalue weighted by molar-refractivity contribution is 6.00. The SMILES string of the molecule is C=CCNC1=C=C/C(Nc2ncc(C3=C(/C)CC/C=C/C=N\3)c(-c3cn4c5c(cccc35)CCC4)n2)=C(/OC)C/C=C\1N(C)CCN(C)C. The Morgan fingerprint density at radius 3 is 2.84 bits per heavy atom. The van der Waals surface area contributed by atoms with Gasteiger partial charge in [-0.15, -0.1) is 6.58 Å². The second kappa shape index (κ2) is 15.4. The number of hydrogen-bond donors (Lipinski definition) is 2. The predicted octanol–water partition coefficient (Wildman–Crippen LogP) is 7.06. The van der Waals surface area contributed by atoms with Gasteiger partial charge in [0.05, 0.1) is 35.4 Å². The van der Waals surface area contributed by atoms with Gasteiger partial charge in [0.25, 0.3) is 0 Å². The number of benzene rings is 1. The topological polar surface area (TPSA) is 82.8 Å². The van der Waals surface area contributed by atoms with Crippen LogP contribution in [0.5, 0.6) is 0 Å². The van der Waals surface area contributed by atoms with Crippen molar-refractivity contribution in [2.75, 3.05) is 53.2 Å². The molecule has 0 saturated carbocycles. The highest BCUT2D eigenvalue weighted by Gasteiger charge is 2.23. The molecule has 1 aromatic carbocycles. The summed E-state index contributed by atoms with van der Waals surface area (Å²) in [5.41, 5.74) is 13.9. The predicted molar refractivity (Wildman–Crippen MR) is 202 cm³/mol. The second-order valence-corrected chi connectivity index (χ2v) is 13.0. The van der Waals surface area contributed by atoms with E-state index in [1.807, 2.05) is 30.6 Å². The third-order valence-electron chi connectivity index (χ3n) is 9.25. The molecule has 1 aliphatic carbocycles. The van der Waals surface area contributed by atoms with Crippen LogP contribution in [0.4, 0.5) is 5.95 Å². The van der Waals surface area contributed by atoms with E-state index in [2.05, 4.69) is 102 Å². The molecule has 3 aromatic rings. The van der Waals surface area contributed by atoms with Crippen LogP contribution in [0.15, 0.2) is 107 Å². The van der Waals surface area contributed by atoms with Gasteiger partial charge in [0.1, 0.15) is 11.5 Å². The Morgan fingerprint density at radius 2 is 2.02 bits per heavy atom. The van der Waals surface area contributed by atoms with Crippen LogP contribution in [-0.4, -0.2) is 78.4 Å². The van der Waals surface area contributed by atoms with Gasteiger partial charge >= 0.3 is 0 Å². The molecular formula is C40H48N8O. The molecule has 0 radical (unpaired) electrons. The van der Waals surface area contributed by atoms with E-state index in [1.165, 1.54) is 22.0 Å². The molecule has 0 fully saturated rings. The molecule has 254 valence electrons. The van der Waals surface area contributed by atoms with Gasteiger partial charge in [-0.2, -0.15) is 0 Å². The van der Waals surface area contributed by atoms with Gasteiger partial charge in [-0.05, 0) is 63.9 Å². The minimum atomic E-state index is 0.481. The number of methoxy groups -OCH3 is 1. The minimum Gasteiger partial charge on any atom is -0.499 e. The van der Waals surface area contributed by atoms with E-state index >= 15 is 0 Å². The number of aromatic nitrogens is 3. The highest BCUT2D eigenvalue weighted by Crippen LogP contribution is 2.39. The molecule has 2 aliphatic heterocycles. The van der Waals surface area contributed by atoms with E-state index in [0.29, 0.717) is 18.9 Å². The molecule has 6 rings (SSSR count). The lowest BCUT2D eigenvalue weighted by atomic mass is 9.98. The molecule has 0 bridgehead atoms. The molecule has 9 heteroatoms. The highest BCUT2D eigenvalue weighted by atomic mass is 16.5. The molecule has 0 saturated heterocycles. The summed E-state index contributed by atoms with van der Waals surface area (Å²) < 4.78 is 8.35. The van der Waals surface area contributed by atoms with Gasteiger partial charge in [0, 0.05) is 80.8 Å². The fraction of sp³-hybridized carbons (Fsp3) is 0.350. The Kier molecular flexibility index (Phi) is 10.6. The Morgan fingerprint density at radius 1 is 1.14 bits per heavy atom. The number of nitrogens with one attached hydrogen (secondary N) is 2. The van der Waals surface area contributed by atoms with Crippen molar-refractivity contribution < 1.29 is 4.74 Å². The van der Waals surface area contributed by atoms with Crippen LogP contribution < -0.4 is 10.6 Å². The van der Waals surface area contributed by atoms with E-state index in [4.69, 9.17) is 19.7 Å². The molecule has 0 amide bonds. The number of aliphatic imine (C=N–C) groups is 1. The monoisotopic (exact) mass is 656 g/mol. The van der Waals surface area contributed by atoms with Crippen molar-refractivity contribution in [1.29, 1.82) is 0 Å². The van der Waals surface area contributed by atoms with Crippen molar-refractivity contribution in [3.05, 3.63) is 113 Å². The van der Waals surface area contributed by atoms with Crippen molar-refractivity contribution >= 4 is 28.8 Å². The van der Waals surface area contributed by atoms with Gasteiger partial charge in [0.2, 0.25) is 5.95 Å². The lowest BCUT2D eigenvalue weighted by Gasteiger charge is -2.27. The summed E-state index contributed by atoms with van der Waals surface area (Å²) in [5, 5.41) is 8.19. The molecule has 0 spiro atoms. The van der Waals surface area contributed by atoms with Crippen molar-refractivity contribution in [3.8, 4) is 11.3 Å². The molecular weight excluding hydrogens is 608 g/mol. The van der Waals surface area contributed by atoms with Crippen molar-refractivity contribution in [1.82, 2.24) is 29.7 Å². The van der Waals surface area contributed by atoms with Gasteiger partial charge in [-0.25, -0.2) is 9.97 Å². The zero-order valence-electron chi connectivity index (χ0n) is 29.5. The Bertz CT molecular complexity index is 1950. The zero-order chi connectivity index (χ0) is 34.3. The summed E-state index contributed by atoms with van der Waals surface area (Å²) >= 11 is 0. The maximum Gasteiger partial charge on any atom is 0.227 e. The second-order valence-electron chi connectivity index (χ2n) is 13.0. The van der Waals surface area contributed by atoms with Crippen LogP contribution in [-0.2, 0) is 17.7 Å². The van der Waals surface area contributed by atoms with Crippen LogP contribution in [0.1, 0.15) is 43.7 Å². The largest absolute Gasteiger partial charge is 0.499 e. The van der Waals surface area contributed by atoms with Gasteiger partial charge in [-0.1, -0.05) is 42.2 Å². The van der Waals surface area contributed by atoms with E-state index in [-0.39, 0.29) is 0 Å². The molecule has 49 heavy (non-hydrogen) atoms. The maximum absolute atomic E-state index is 5.96. The third kappa shape index (κ3) is 7.48. The Balaban J connectivity index is 1.45. The summed E-state index contributed by atoms with van der Waals surface area (Å²) in [5.74, 6) is 1.25. The lowest BCUT2D eigenvalue weighted by molar-refractivity contribution is 0.280. The first-order valence-corrected chi connectivity index (χ1v) is 17.2. The fourth-order valence-corrected chi connectivity index (χ4v) is 6.62. The summed E-state index contributed by atoms with van der Waals surface area (Å²) in [6, 6.07) is 6.63. The summed E-state index contributed by atoms with van der Waals surface area (Å²) in [6.45, 7) is 9.48. The number of aryl methyl sites for hydroxylation is 2. The van der Waals surface area contributed by atoms with Gasteiger partial charge in [-0.3, -0.25) is 4.99 Å². The van der Waals surface area contributed by atoms with Crippen LogP contribution in [0.2, 0.25) is 0 Å². The van der Waals surface area contributed by atoms with Gasteiger partial charge in [0.15, 0.2) is 0 Å². The van der Waals surface area contributed by atoms with E-state index in [1.54, 1.807) is 7.11 Å². The number of allylic oxidation sites excluding steroid dienone is 5. The Labute approximate surface area is 290 Å².